The van der Waals surface area contributed by atoms with Crippen LogP contribution in [0.3, 0.4) is 0 Å². The number of benzene rings is 3. The topological polar surface area (TPSA) is 108 Å². The Hall–Kier alpha value is -4.01. The Morgan fingerprint density at radius 2 is 1.60 bits per heavy atom. The zero-order chi connectivity index (χ0) is 29.4. The molecule has 8 heteroatoms. The summed E-state index contributed by atoms with van der Waals surface area (Å²) in [5.74, 6) is -2.45. The van der Waals surface area contributed by atoms with Crippen LogP contribution in [-0.4, -0.2) is 58.1 Å². The van der Waals surface area contributed by atoms with Crippen LogP contribution in [0.25, 0.3) is 0 Å². The molecule has 3 heterocycles. The lowest BCUT2D eigenvalue weighted by atomic mass is 9.70. The van der Waals surface area contributed by atoms with Crippen LogP contribution in [0.5, 0.6) is 0 Å². The number of aryl methyl sites for hydroxylation is 2. The van der Waals surface area contributed by atoms with Gasteiger partial charge in [-0.3, -0.25) is 14.4 Å². The maximum Gasteiger partial charge on any atom is 0.250 e. The second kappa shape index (κ2) is 11.3. The van der Waals surface area contributed by atoms with E-state index < -0.39 is 35.6 Å². The van der Waals surface area contributed by atoms with Gasteiger partial charge < -0.3 is 25.4 Å². The van der Waals surface area contributed by atoms with Crippen molar-refractivity contribution >= 4 is 23.4 Å². The van der Waals surface area contributed by atoms with E-state index in [0.717, 1.165) is 22.3 Å². The molecule has 0 saturated carbocycles. The van der Waals surface area contributed by atoms with Gasteiger partial charge in [-0.15, -0.1) is 0 Å². The average molecular weight is 568 g/mol. The number of aliphatic hydroxyl groups excluding tert-OH is 1. The van der Waals surface area contributed by atoms with Crippen LogP contribution in [0.15, 0.2) is 78.9 Å². The number of nitrogens with one attached hydrogen (secondary N) is 2. The molecule has 6 rings (SSSR count). The van der Waals surface area contributed by atoms with Crippen molar-refractivity contribution in [2.24, 2.45) is 11.8 Å². The van der Waals surface area contributed by atoms with Crippen LogP contribution in [0, 0.1) is 25.7 Å². The van der Waals surface area contributed by atoms with Crippen LogP contribution in [0.1, 0.15) is 35.1 Å². The number of anilines is 1. The van der Waals surface area contributed by atoms with E-state index in [9.17, 15) is 19.5 Å². The third-order valence-corrected chi connectivity index (χ3v) is 9.25. The van der Waals surface area contributed by atoms with Crippen LogP contribution >= 0.6 is 0 Å². The lowest BCUT2D eigenvalue weighted by Crippen LogP contribution is -2.57. The molecular formula is C34H37N3O5. The summed E-state index contributed by atoms with van der Waals surface area (Å²) in [6, 6.07) is 23.4. The predicted octanol–water partition coefficient (Wildman–Crippen LogP) is 3.54. The van der Waals surface area contributed by atoms with Crippen molar-refractivity contribution in [3.05, 3.63) is 101 Å². The summed E-state index contributed by atoms with van der Waals surface area (Å²) < 4.78 is 6.58. The Morgan fingerprint density at radius 3 is 2.24 bits per heavy atom. The predicted molar refractivity (Wildman–Crippen MR) is 158 cm³/mol. The monoisotopic (exact) mass is 567 g/mol. The molecule has 3 aromatic rings. The molecule has 218 valence electrons. The van der Waals surface area contributed by atoms with Gasteiger partial charge in [0.1, 0.15) is 11.6 Å². The molecular weight excluding hydrogens is 530 g/mol. The standard InChI is InChI=1S/C34H37N3O5/c1-21-10-9-11-22(2)29(21)36-32(40)30-34-17-16-26(42-34)27(31(39)35-19-24-14-7-4-8-15-24)28(34)33(41)37(30)25(20-38)18-23-12-5-3-6-13-23/h3-15,25-28,30,38H,16-20H2,1-2H3,(H,35,39)(H,36,40)/t25-,26+,27-,28+,30?,34?/m1/s1. The van der Waals surface area contributed by atoms with Gasteiger partial charge in [0.2, 0.25) is 17.7 Å². The molecule has 42 heavy (non-hydrogen) atoms. The number of fused-ring (bicyclic) bond motifs is 1. The molecule has 3 aliphatic rings. The van der Waals surface area contributed by atoms with Crippen molar-refractivity contribution in [3.63, 3.8) is 0 Å². The SMILES string of the molecule is Cc1cccc(C)c1NC(=O)C1N([C@@H](CO)Cc2ccccc2)C(=O)[C@@H]2[C@H](C(=O)NCc3ccccc3)[C@@H]3CCC12O3. The molecule has 0 aliphatic carbocycles. The lowest BCUT2D eigenvalue weighted by Gasteiger charge is -2.37. The molecule has 1 spiro atoms. The second-order valence-electron chi connectivity index (χ2n) is 11.8. The summed E-state index contributed by atoms with van der Waals surface area (Å²) >= 11 is 0. The van der Waals surface area contributed by atoms with Gasteiger partial charge in [0.05, 0.1) is 30.6 Å². The summed E-state index contributed by atoms with van der Waals surface area (Å²) in [6.45, 7) is 3.87. The number of carbonyl (C=O) groups is 3. The third-order valence-electron chi connectivity index (χ3n) is 9.25. The van der Waals surface area contributed by atoms with Crippen LogP contribution in [-0.2, 0) is 32.1 Å². The summed E-state index contributed by atoms with van der Waals surface area (Å²) in [5.41, 5.74) is 3.26. The molecule has 2 bridgehead atoms. The minimum absolute atomic E-state index is 0.247. The maximum absolute atomic E-state index is 14.4. The highest BCUT2D eigenvalue weighted by Crippen LogP contribution is 2.59. The third kappa shape index (κ3) is 4.78. The number of hydrogen-bond acceptors (Lipinski definition) is 5. The van der Waals surface area contributed by atoms with E-state index >= 15 is 0 Å². The number of ether oxygens (including phenoxy) is 1. The molecule has 2 unspecified atom stereocenters. The van der Waals surface area contributed by atoms with Crippen molar-refractivity contribution in [3.8, 4) is 0 Å². The highest BCUT2D eigenvalue weighted by Gasteiger charge is 2.75. The van der Waals surface area contributed by atoms with Gasteiger partial charge in [0.15, 0.2) is 0 Å². The Labute approximate surface area is 246 Å². The number of likely N-dealkylation sites (tertiary alicyclic amines) is 1. The zero-order valence-electron chi connectivity index (χ0n) is 24.0. The number of aliphatic hydroxyl groups is 1. The molecule has 3 amide bonds. The van der Waals surface area contributed by atoms with Crippen molar-refractivity contribution in [2.45, 2.75) is 63.4 Å². The number of amides is 3. The fourth-order valence-corrected chi connectivity index (χ4v) is 7.33. The second-order valence-corrected chi connectivity index (χ2v) is 11.8. The van der Waals surface area contributed by atoms with Gasteiger partial charge in [-0.1, -0.05) is 78.9 Å². The van der Waals surface area contributed by atoms with E-state index in [2.05, 4.69) is 10.6 Å². The van der Waals surface area contributed by atoms with Gasteiger partial charge in [0, 0.05) is 12.2 Å². The Balaban J connectivity index is 1.35. The minimum Gasteiger partial charge on any atom is -0.394 e. The fraction of sp³-hybridized carbons (Fsp3) is 0.382. The quantitative estimate of drug-likeness (QED) is 0.367. The van der Waals surface area contributed by atoms with E-state index in [1.807, 2.05) is 92.7 Å². The Kier molecular flexibility index (Phi) is 7.60. The maximum atomic E-state index is 14.4. The zero-order valence-corrected chi connectivity index (χ0v) is 24.0. The summed E-state index contributed by atoms with van der Waals surface area (Å²) in [5, 5.41) is 16.7. The number of carbonyl (C=O) groups excluding carboxylic acids is 3. The molecule has 3 fully saturated rings. The van der Waals surface area contributed by atoms with Crippen molar-refractivity contribution in [1.29, 1.82) is 0 Å². The number of hydrogen-bond donors (Lipinski definition) is 3. The normalized spacial score (nSPS) is 26.6. The van der Waals surface area contributed by atoms with Crippen LogP contribution in [0.2, 0.25) is 0 Å². The van der Waals surface area contributed by atoms with Crippen LogP contribution < -0.4 is 10.6 Å². The van der Waals surface area contributed by atoms with Gasteiger partial charge in [-0.2, -0.15) is 0 Å². The van der Waals surface area contributed by atoms with E-state index in [4.69, 9.17) is 4.74 Å². The number of nitrogens with zero attached hydrogens (tertiary/aromatic N) is 1. The molecule has 0 radical (unpaired) electrons. The lowest BCUT2D eigenvalue weighted by molar-refractivity contribution is -0.144. The van der Waals surface area contributed by atoms with Gasteiger partial charge in [0.25, 0.3) is 0 Å². The van der Waals surface area contributed by atoms with Gasteiger partial charge in [-0.05, 0) is 55.4 Å². The average Bonchev–Trinajstić information content (AvgIpc) is 3.65. The smallest absolute Gasteiger partial charge is 0.250 e. The first kappa shape index (κ1) is 28.1. The molecule has 8 nitrogen and oxygen atoms in total. The van der Waals surface area contributed by atoms with Crippen molar-refractivity contribution in [1.82, 2.24) is 10.2 Å². The molecule has 6 atom stereocenters. The Bertz CT molecular complexity index is 1460. The first-order chi connectivity index (χ1) is 20.3. The first-order valence-electron chi connectivity index (χ1n) is 14.7. The molecule has 0 aromatic heterocycles. The van der Waals surface area contributed by atoms with Gasteiger partial charge in [-0.25, -0.2) is 0 Å². The molecule has 3 aliphatic heterocycles. The highest BCUT2D eigenvalue weighted by atomic mass is 16.5. The van der Waals surface area contributed by atoms with Gasteiger partial charge >= 0.3 is 0 Å². The summed E-state index contributed by atoms with van der Waals surface area (Å²) in [7, 11) is 0. The van der Waals surface area contributed by atoms with E-state index in [1.54, 1.807) is 0 Å². The van der Waals surface area contributed by atoms with E-state index in [1.165, 1.54) is 4.90 Å². The van der Waals surface area contributed by atoms with E-state index in [0.29, 0.717) is 31.5 Å². The first-order valence-corrected chi connectivity index (χ1v) is 14.7. The van der Waals surface area contributed by atoms with Crippen LogP contribution in [0.4, 0.5) is 5.69 Å². The largest absolute Gasteiger partial charge is 0.394 e. The molecule has 3 N–H and O–H groups in total. The highest BCUT2D eigenvalue weighted by molar-refractivity contribution is 6.04. The van der Waals surface area contributed by atoms with E-state index in [-0.39, 0.29) is 24.3 Å². The van der Waals surface area contributed by atoms with Crippen molar-refractivity contribution in [2.75, 3.05) is 11.9 Å². The number of para-hydroxylation sites is 1. The molecule has 3 aromatic carbocycles. The summed E-state index contributed by atoms with van der Waals surface area (Å²) in [6.07, 6.45) is 0.986. The number of rotatable bonds is 9. The fourth-order valence-electron chi connectivity index (χ4n) is 7.33. The van der Waals surface area contributed by atoms with Crippen molar-refractivity contribution < 1.29 is 24.2 Å². The summed E-state index contributed by atoms with van der Waals surface area (Å²) in [4.78, 5) is 43.9. The molecule has 3 saturated heterocycles. The minimum atomic E-state index is -1.15. The Morgan fingerprint density at radius 1 is 0.952 bits per heavy atom.